The largest absolute Gasteiger partial charge is 0.433 e. The van der Waals surface area contributed by atoms with Crippen LogP contribution in [0.4, 0.5) is 8.78 Å². The molecule has 1 aromatic carbocycles. The van der Waals surface area contributed by atoms with Crippen molar-refractivity contribution in [3.8, 4) is 5.75 Å². The van der Waals surface area contributed by atoms with Crippen molar-refractivity contribution in [2.45, 2.75) is 25.9 Å². The Labute approximate surface area is 145 Å². The quantitative estimate of drug-likeness (QED) is 0.750. The van der Waals surface area contributed by atoms with Gasteiger partial charge in [-0.05, 0) is 29.1 Å². The smallest absolute Gasteiger partial charge is 0.387 e. The Morgan fingerprint density at radius 2 is 2.13 bits per heavy atom. The van der Waals surface area contributed by atoms with Gasteiger partial charge in [0.15, 0.2) is 0 Å². The second kappa shape index (κ2) is 7.40. The monoisotopic (exact) mass is 403 g/mol. The summed E-state index contributed by atoms with van der Waals surface area (Å²) >= 11 is 4.50. The van der Waals surface area contributed by atoms with E-state index in [4.69, 9.17) is 0 Å². The third-order valence-corrected chi connectivity index (χ3v) is 4.74. The van der Waals surface area contributed by atoms with Gasteiger partial charge in [0, 0.05) is 16.4 Å². The molecule has 0 atom stereocenters. The summed E-state index contributed by atoms with van der Waals surface area (Å²) in [6, 6.07) is 9.19. The number of alkyl halides is 2. The number of carbonyl (C=O) groups excluding carboxylic acids is 1. The molecule has 0 aliphatic carbocycles. The Kier molecular flexibility index (Phi) is 5.75. The summed E-state index contributed by atoms with van der Waals surface area (Å²) in [6.45, 7) is 1.42. The van der Waals surface area contributed by atoms with E-state index in [1.165, 1.54) is 6.07 Å². The standard InChI is InChI=1S/C16H16BrF2NO2S/c1-16(2,10-4-3-5-11(17)8-10)9-20-14(21)13-12(6-7-23-13)22-15(18)19/h3-8,15H,9H2,1-2H3,(H,20,21). The molecule has 3 nitrogen and oxygen atoms in total. The molecule has 124 valence electrons. The van der Waals surface area contributed by atoms with Crippen LogP contribution < -0.4 is 10.1 Å². The fourth-order valence-electron chi connectivity index (χ4n) is 2.04. The highest BCUT2D eigenvalue weighted by atomic mass is 79.9. The molecule has 0 bridgehead atoms. The Bertz CT molecular complexity index is 688. The number of carbonyl (C=O) groups is 1. The summed E-state index contributed by atoms with van der Waals surface area (Å²) in [7, 11) is 0. The minimum Gasteiger partial charge on any atom is -0.433 e. The highest BCUT2D eigenvalue weighted by Gasteiger charge is 2.24. The van der Waals surface area contributed by atoms with Crippen LogP contribution in [0, 0.1) is 0 Å². The second-order valence-electron chi connectivity index (χ2n) is 5.57. The van der Waals surface area contributed by atoms with Crippen LogP contribution in [0.5, 0.6) is 5.75 Å². The van der Waals surface area contributed by atoms with Gasteiger partial charge in [-0.1, -0.05) is 41.9 Å². The molecule has 23 heavy (non-hydrogen) atoms. The molecular weight excluding hydrogens is 388 g/mol. The predicted molar refractivity (Wildman–Crippen MR) is 90.5 cm³/mol. The van der Waals surface area contributed by atoms with Crippen LogP contribution in [0.25, 0.3) is 0 Å². The molecule has 0 unspecified atom stereocenters. The first-order valence-electron chi connectivity index (χ1n) is 6.86. The molecule has 1 N–H and O–H groups in total. The number of nitrogens with one attached hydrogen (secondary N) is 1. The third-order valence-electron chi connectivity index (χ3n) is 3.35. The van der Waals surface area contributed by atoms with Gasteiger partial charge in [0.25, 0.3) is 5.91 Å². The van der Waals surface area contributed by atoms with Crippen LogP contribution in [0.3, 0.4) is 0 Å². The van der Waals surface area contributed by atoms with Gasteiger partial charge in [-0.3, -0.25) is 4.79 Å². The van der Waals surface area contributed by atoms with E-state index in [9.17, 15) is 13.6 Å². The molecule has 2 aromatic rings. The number of halogens is 3. The lowest BCUT2D eigenvalue weighted by Gasteiger charge is -2.26. The van der Waals surface area contributed by atoms with Gasteiger partial charge in [-0.15, -0.1) is 11.3 Å². The van der Waals surface area contributed by atoms with Crippen molar-refractivity contribution in [2.24, 2.45) is 0 Å². The van der Waals surface area contributed by atoms with Crippen LogP contribution in [0.15, 0.2) is 40.2 Å². The number of rotatable bonds is 6. The summed E-state index contributed by atoms with van der Waals surface area (Å²) in [5.41, 5.74) is 0.753. The summed E-state index contributed by atoms with van der Waals surface area (Å²) in [5.74, 6) is -0.513. The van der Waals surface area contributed by atoms with Crippen molar-refractivity contribution in [1.29, 1.82) is 0 Å². The maximum Gasteiger partial charge on any atom is 0.387 e. The molecule has 1 aromatic heterocycles. The molecule has 0 saturated heterocycles. The summed E-state index contributed by atoms with van der Waals surface area (Å²) in [6.07, 6.45) is 0. The molecule has 0 saturated carbocycles. The molecule has 1 heterocycles. The van der Waals surface area contributed by atoms with Crippen LogP contribution >= 0.6 is 27.3 Å². The van der Waals surface area contributed by atoms with E-state index < -0.39 is 12.5 Å². The zero-order valence-corrected chi connectivity index (χ0v) is 15.0. The van der Waals surface area contributed by atoms with Crippen LogP contribution in [0.2, 0.25) is 0 Å². The Balaban J connectivity index is 2.05. The van der Waals surface area contributed by atoms with Gasteiger partial charge in [-0.25, -0.2) is 0 Å². The van der Waals surface area contributed by atoms with Crippen molar-refractivity contribution < 1.29 is 18.3 Å². The van der Waals surface area contributed by atoms with Gasteiger partial charge in [0.1, 0.15) is 10.6 Å². The van der Waals surface area contributed by atoms with Crippen molar-refractivity contribution in [3.63, 3.8) is 0 Å². The summed E-state index contributed by atoms with van der Waals surface area (Å²) < 4.78 is 30.0. The Hall–Kier alpha value is -1.47. The minimum absolute atomic E-state index is 0.0947. The van der Waals surface area contributed by atoms with E-state index in [1.54, 1.807) is 5.38 Å². The number of hydrogen-bond acceptors (Lipinski definition) is 3. The van der Waals surface area contributed by atoms with Gasteiger partial charge < -0.3 is 10.1 Å². The molecule has 2 rings (SSSR count). The van der Waals surface area contributed by atoms with E-state index >= 15 is 0 Å². The van der Waals surface area contributed by atoms with Gasteiger partial charge in [0.2, 0.25) is 0 Å². The minimum atomic E-state index is -2.95. The topological polar surface area (TPSA) is 38.3 Å². The number of benzene rings is 1. The zero-order valence-electron chi connectivity index (χ0n) is 12.6. The first-order chi connectivity index (χ1) is 10.8. The molecule has 0 radical (unpaired) electrons. The molecule has 0 spiro atoms. The summed E-state index contributed by atoms with van der Waals surface area (Å²) in [5, 5.41) is 4.34. The van der Waals surface area contributed by atoms with Gasteiger partial charge in [-0.2, -0.15) is 8.78 Å². The van der Waals surface area contributed by atoms with Crippen LogP contribution in [-0.2, 0) is 5.41 Å². The number of thiophene rings is 1. The van der Waals surface area contributed by atoms with Crippen LogP contribution in [-0.4, -0.2) is 19.1 Å². The fourth-order valence-corrected chi connectivity index (χ4v) is 3.18. The van der Waals surface area contributed by atoms with E-state index in [1.807, 2.05) is 38.1 Å². The average molecular weight is 404 g/mol. The highest BCUT2D eigenvalue weighted by molar-refractivity contribution is 9.10. The number of hydrogen-bond donors (Lipinski definition) is 1. The Morgan fingerprint density at radius 3 is 2.78 bits per heavy atom. The second-order valence-corrected chi connectivity index (χ2v) is 7.40. The lowest BCUT2D eigenvalue weighted by atomic mass is 9.84. The molecule has 0 aliphatic rings. The SMILES string of the molecule is CC(C)(CNC(=O)c1sccc1OC(F)F)c1cccc(Br)c1. The third kappa shape index (κ3) is 4.75. The Morgan fingerprint density at radius 1 is 1.39 bits per heavy atom. The van der Waals surface area contributed by atoms with E-state index in [0.29, 0.717) is 6.54 Å². The average Bonchev–Trinajstić information content (AvgIpc) is 2.92. The van der Waals surface area contributed by atoms with Crippen molar-refractivity contribution >= 4 is 33.2 Å². The number of amides is 1. The number of ether oxygens (including phenoxy) is 1. The molecule has 0 aliphatic heterocycles. The fraction of sp³-hybridized carbons (Fsp3) is 0.312. The van der Waals surface area contributed by atoms with Gasteiger partial charge in [0.05, 0.1) is 0 Å². The molecular formula is C16H16BrF2NO2S. The van der Waals surface area contributed by atoms with Crippen molar-refractivity contribution in [2.75, 3.05) is 6.54 Å². The molecule has 7 heteroatoms. The first kappa shape index (κ1) is 17.9. The normalized spacial score (nSPS) is 11.6. The lowest BCUT2D eigenvalue weighted by Crippen LogP contribution is -2.36. The maximum atomic E-state index is 12.3. The molecule has 0 fully saturated rings. The van der Waals surface area contributed by atoms with E-state index in [-0.39, 0.29) is 16.0 Å². The molecule has 1 amide bonds. The first-order valence-corrected chi connectivity index (χ1v) is 8.53. The zero-order chi connectivity index (χ0) is 17.0. The van der Waals surface area contributed by atoms with Crippen molar-refractivity contribution in [3.05, 3.63) is 50.6 Å². The summed E-state index contributed by atoms with van der Waals surface area (Å²) in [4.78, 5) is 12.4. The predicted octanol–water partition coefficient (Wildman–Crippen LogP) is 4.82. The van der Waals surface area contributed by atoms with Gasteiger partial charge >= 0.3 is 6.61 Å². The lowest BCUT2D eigenvalue weighted by molar-refractivity contribution is -0.0498. The maximum absolute atomic E-state index is 12.3. The van der Waals surface area contributed by atoms with E-state index in [2.05, 4.69) is 26.0 Å². The van der Waals surface area contributed by atoms with Crippen LogP contribution in [0.1, 0.15) is 29.1 Å². The highest BCUT2D eigenvalue weighted by Crippen LogP contribution is 2.28. The van der Waals surface area contributed by atoms with E-state index in [0.717, 1.165) is 21.4 Å². The van der Waals surface area contributed by atoms with Crippen molar-refractivity contribution in [1.82, 2.24) is 5.32 Å².